The minimum Gasteiger partial charge on any atom is -0.387 e. The number of hydrogen-bond donors (Lipinski definition) is 5. The van der Waals surface area contributed by atoms with Crippen molar-refractivity contribution in [3.63, 3.8) is 0 Å². The number of rotatable bonds is 4. The van der Waals surface area contributed by atoms with Gasteiger partial charge in [0.2, 0.25) is 5.91 Å². The Morgan fingerprint density at radius 2 is 1.76 bits per heavy atom. The topological polar surface area (TPSA) is 211 Å². The minimum atomic E-state index is -5.22. The van der Waals surface area contributed by atoms with Gasteiger partial charge in [-0.25, -0.2) is 13.7 Å². The summed E-state index contributed by atoms with van der Waals surface area (Å²) in [5.74, 6) is -0.824. The first-order valence-electron chi connectivity index (χ1n) is 7.89. The molecule has 3 saturated heterocycles. The summed E-state index contributed by atoms with van der Waals surface area (Å²) in [7, 11) is -15.5. The summed E-state index contributed by atoms with van der Waals surface area (Å²) in [5, 5.41) is 22.8. The molecule has 3 aliphatic rings. The molecule has 0 spiro atoms. The van der Waals surface area contributed by atoms with E-state index in [2.05, 4.69) is 18.2 Å². The van der Waals surface area contributed by atoms with E-state index in [9.17, 15) is 38.5 Å². The van der Waals surface area contributed by atoms with E-state index < -0.39 is 60.5 Å². The molecule has 0 bridgehead atoms. The maximum Gasteiger partial charge on any atom is 0.492 e. The molecule has 4 unspecified atom stereocenters. The molecule has 7 atom stereocenters. The van der Waals surface area contributed by atoms with E-state index in [0.29, 0.717) is 0 Å². The van der Waals surface area contributed by atoms with Crippen LogP contribution in [0, 0.1) is 5.92 Å². The number of nitrogens with one attached hydrogen (secondary N) is 1. The lowest BCUT2D eigenvalue weighted by atomic mass is 10.1. The molecule has 0 aromatic rings. The van der Waals surface area contributed by atoms with Gasteiger partial charge < -0.3 is 35.0 Å². The smallest absolute Gasteiger partial charge is 0.387 e. The Morgan fingerprint density at radius 3 is 2.34 bits per heavy atom. The molecule has 1 amide bonds. The summed E-state index contributed by atoms with van der Waals surface area (Å²) in [6.07, 6.45) is -5.72. The number of nitrogens with zero attached hydrogens (tertiary/aromatic N) is 1. The van der Waals surface area contributed by atoms with Crippen LogP contribution >= 0.6 is 35.7 Å². The number of amides is 1. The van der Waals surface area contributed by atoms with Gasteiger partial charge in [0.05, 0.1) is 12.5 Å². The number of ether oxygens (including phenoxy) is 1. The molecule has 3 aliphatic heterocycles. The summed E-state index contributed by atoms with van der Waals surface area (Å²) in [6, 6.07) is 0. The maximum absolute atomic E-state index is 12.2. The zero-order valence-corrected chi connectivity index (χ0v) is 18.0. The van der Waals surface area contributed by atoms with Crippen molar-refractivity contribution in [1.29, 1.82) is 0 Å². The van der Waals surface area contributed by atoms with Gasteiger partial charge >= 0.3 is 23.5 Å². The van der Waals surface area contributed by atoms with E-state index >= 15 is 0 Å². The van der Waals surface area contributed by atoms with Crippen LogP contribution in [0.25, 0.3) is 0 Å². The first kappa shape index (κ1) is 23.4. The van der Waals surface area contributed by atoms with Gasteiger partial charge in [0.15, 0.2) is 11.3 Å². The molecule has 3 heterocycles. The first-order valence-corrected chi connectivity index (χ1v) is 12.8. The zero-order chi connectivity index (χ0) is 21.8. The molecule has 3 fully saturated rings. The van der Waals surface area contributed by atoms with E-state index in [4.69, 9.17) is 21.5 Å². The van der Waals surface area contributed by atoms with E-state index in [1.54, 1.807) is 6.92 Å². The van der Waals surface area contributed by atoms with Crippen LogP contribution in [0.3, 0.4) is 0 Å². The molecule has 0 aliphatic carbocycles. The van der Waals surface area contributed by atoms with Gasteiger partial charge in [0.1, 0.15) is 18.3 Å². The monoisotopic (exact) mass is 498 g/mol. The normalized spacial score (nSPS) is 48.6. The number of carbonyl (C=O) groups excluding carboxylic acids is 1. The number of carbonyl (C=O) groups is 1. The van der Waals surface area contributed by atoms with Crippen LogP contribution in [0.2, 0.25) is 0 Å². The summed E-state index contributed by atoms with van der Waals surface area (Å²) >= 11 is 5.03. The zero-order valence-electron chi connectivity index (χ0n) is 14.5. The van der Waals surface area contributed by atoms with Crippen molar-refractivity contribution in [2.75, 3.05) is 13.2 Å². The summed E-state index contributed by atoms with van der Waals surface area (Å²) in [4.78, 5) is 31.3. The summed E-state index contributed by atoms with van der Waals surface area (Å²) < 4.78 is 57.1. The molecule has 0 aromatic carbocycles. The highest BCUT2D eigenvalue weighted by atomic mass is 32.1. The highest BCUT2D eigenvalue weighted by molar-refractivity contribution is 7.80. The molecular formula is C10H17N2O13P3S. The minimum absolute atomic E-state index is 0.0442. The van der Waals surface area contributed by atoms with Crippen molar-refractivity contribution in [3.05, 3.63) is 0 Å². The summed E-state index contributed by atoms with van der Waals surface area (Å²) in [6.45, 7) is 0.846. The predicted octanol–water partition coefficient (Wildman–Crippen LogP) is -0.825. The number of hydrogen-bond acceptors (Lipinski definition) is 12. The fourth-order valence-corrected chi connectivity index (χ4v) is 7.96. The van der Waals surface area contributed by atoms with Crippen molar-refractivity contribution in [2.45, 2.75) is 31.5 Å². The SMILES string of the molecule is CC1CN([C@@H]2O[C@H](COP3(=O)OP(=O)(O)OP(=O)(O)O3)[C@H](O)C2O)C(=S)NC1=O. The first-order chi connectivity index (χ1) is 13.2. The average Bonchev–Trinajstić information content (AvgIpc) is 2.81. The molecule has 166 valence electrons. The number of aliphatic hydroxyl groups excluding tert-OH is 2. The Balaban J connectivity index is 1.67. The van der Waals surface area contributed by atoms with Crippen molar-refractivity contribution in [2.24, 2.45) is 5.92 Å². The van der Waals surface area contributed by atoms with Crippen molar-refractivity contribution in [1.82, 2.24) is 10.2 Å². The lowest BCUT2D eigenvalue weighted by Crippen LogP contribution is -2.59. The molecular weight excluding hydrogens is 481 g/mol. The molecule has 15 nitrogen and oxygen atoms in total. The van der Waals surface area contributed by atoms with E-state index in [0.717, 1.165) is 0 Å². The quantitative estimate of drug-likeness (QED) is 0.237. The molecule has 0 radical (unpaired) electrons. The maximum atomic E-state index is 12.2. The van der Waals surface area contributed by atoms with Gasteiger partial charge in [-0.3, -0.25) is 9.32 Å². The second-order valence-electron chi connectivity index (χ2n) is 6.32. The second-order valence-corrected chi connectivity index (χ2v) is 11.7. The lowest BCUT2D eigenvalue weighted by Gasteiger charge is -2.37. The fraction of sp³-hybridized carbons (Fsp3) is 0.800. The number of thiocarbonyl (C=S) groups is 1. The van der Waals surface area contributed by atoms with Crippen molar-refractivity contribution >= 4 is 46.7 Å². The largest absolute Gasteiger partial charge is 0.492 e. The Hall–Kier alpha value is -0.310. The van der Waals surface area contributed by atoms with Crippen LogP contribution in [-0.2, 0) is 40.7 Å². The van der Waals surface area contributed by atoms with Gasteiger partial charge in [-0.1, -0.05) is 6.92 Å². The molecule has 29 heavy (non-hydrogen) atoms. The Labute approximate surface area is 168 Å². The highest BCUT2D eigenvalue weighted by Gasteiger charge is 2.55. The second kappa shape index (κ2) is 7.99. The van der Waals surface area contributed by atoms with Gasteiger partial charge in [0, 0.05) is 6.54 Å². The van der Waals surface area contributed by atoms with Gasteiger partial charge in [0.25, 0.3) is 0 Å². The highest BCUT2D eigenvalue weighted by Crippen LogP contribution is 2.80. The van der Waals surface area contributed by atoms with Crippen LogP contribution in [0.15, 0.2) is 0 Å². The van der Waals surface area contributed by atoms with Gasteiger partial charge in [-0.2, -0.15) is 12.9 Å². The Kier molecular flexibility index (Phi) is 6.43. The van der Waals surface area contributed by atoms with Crippen LogP contribution in [0.1, 0.15) is 6.92 Å². The van der Waals surface area contributed by atoms with Crippen LogP contribution in [0.4, 0.5) is 0 Å². The third-order valence-electron chi connectivity index (χ3n) is 4.06. The van der Waals surface area contributed by atoms with E-state index in [1.165, 1.54) is 4.90 Å². The van der Waals surface area contributed by atoms with Crippen LogP contribution in [-0.4, -0.2) is 73.6 Å². The third-order valence-corrected chi connectivity index (χ3v) is 9.77. The third kappa shape index (κ3) is 5.13. The van der Waals surface area contributed by atoms with Gasteiger partial charge in [-0.15, -0.1) is 0 Å². The Bertz CT molecular complexity index is 827. The number of phosphoric acid groups is 3. The van der Waals surface area contributed by atoms with Crippen molar-refractivity contribution < 1.29 is 60.7 Å². The predicted molar refractivity (Wildman–Crippen MR) is 93.7 cm³/mol. The van der Waals surface area contributed by atoms with Crippen molar-refractivity contribution in [3.8, 4) is 0 Å². The average molecular weight is 498 g/mol. The standard InChI is InChI=1S/C10H17N2O13P3S/c1-4-2-12(10(29)11-8(4)15)9-7(14)6(13)5(22-9)3-21-28(20)24-26(16,17)23-27(18,19)25-28/h4-7,9,13-14H,2-3H2,1H3,(H,16,17)(H,18,19)(H,11,15,29)/t4?,5-,6+,7?,9-/m1/s1. The summed E-state index contributed by atoms with van der Waals surface area (Å²) in [5.41, 5.74) is 0. The van der Waals surface area contributed by atoms with Gasteiger partial charge in [-0.05, 0) is 12.2 Å². The Morgan fingerprint density at radius 1 is 1.17 bits per heavy atom. The number of aliphatic hydroxyl groups is 2. The van der Waals surface area contributed by atoms with Crippen LogP contribution in [0.5, 0.6) is 0 Å². The van der Waals surface area contributed by atoms with E-state index in [-0.39, 0.29) is 17.6 Å². The van der Waals surface area contributed by atoms with Crippen LogP contribution < -0.4 is 5.32 Å². The molecule has 0 saturated carbocycles. The fourth-order valence-electron chi connectivity index (χ4n) is 2.74. The van der Waals surface area contributed by atoms with E-state index in [1.807, 2.05) is 0 Å². The molecule has 19 heteroatoms. The molecule has 0 aromatic heterocycles. The lowest BCUT2D eigenvalue weighted by molar-refractivity contribution is -0.128. The molecule has 3 rings (SSSR count). The molecule has 5 N–H and O–H groups in total.